The van der Waals surface area contributed by atoms with Crippen molar-refractivity contribution in [3.8, 4) is 5.75 Å². The number of rotatable bonds is 3. The van der Waals surface area contributed by atoms with Gasteiger partial charge in [-0.2, -0.15) is 0 Å². The Hall–Kier alpha value is -2.27. The zero-order valence-corrected chi connectivity index (χ0v) is 11.2. The molecule has 0 aliphatic carbocycles. The van der Waals surface area contributed by atoms with Gasteiger partial charge >= 0.3 is 0 Å². The van der Waals surface area contributed by atoms with Crippen molar-refractivity contribution in [3.63, 3.8) is 0 Å². The van der Waals surface area contributed by atoms with Crippen LogP contribution in [0, 0.1) is 0 Å². The van der Waals surface area contributed by atoms with E-state index in [4.69, 9.17) is 10.5 Å². The van der Waals surface area contributed by atoms with Crippen LogP contribution in [0.2, 0.25) is 0 Å². The molecule has 5 heteroatoms. The van der Waals surface area contributed by atoms with Crippen molar-refractivity contribution in [3.05, 3.63) is 41.9 Å². The highest BCUT2D eigenvalue weighted by atomic mass is 32.1. The number of methoxy groups -OCH3 is 1. The quantitative estimate of drug-likeness (QED) is 0.714. The maximum atomic E-state index is 6.12. The number of benzene rings is 2. The fourth-order valence-electron chi connectivity index (χ4n) is 1.89. The topological polar surface area (TPSA) is 60.2 Å². The molecular formula is C14H13N3OS. The van der Waals surface area contributed by atoms with Gasteiger partial charge < -0.3 is 15.8 Å². The zero-order chi connectivity index (χ0) is 13.2. The van der Waals surface area contributed by atoms with Crippen molar-refractivity contribution < 1.29 is 4.74 Å². The minimum absolute atomic E-state index is 0.676. The molecule has 0 spiro atoms. The van der Waals surface area contributed by atoms with E-state index in [2.05, 4.69) is 10.3 Å². The Labute approximate surface area is 114 Å². The van der Waals surface area contributed by atoms with Crippen molar-refractivity contribution in [2.75, 3.05) is 18.2 Å². The molecule has 3 rings (SSSR count). The predicted octanol–water partition coefficient (Wildman–Crippen LogP) is 3.63. The highest BCUT2D eigenvalue weighted by molar-refractivity contribution is 7.16. The van der Waals surface area contributed by atoms with Crippen molar-refractivity contribution in [2.45, 2.75) is 0 Å². The Morgan fingerprint density at radius 2 is 1.95 bits per heavy atom. The largest absolute Gasteiger partial charge is 0.497 e. The molecule has 0 atom stereocenters. The minimum Gasteiger partial charge on any atom is -0.497 e. The molecular weight excluding hydrogens is 258 g/mol. The van der Waals surface area contributed by atoms with Crippen LogP contribution in [0.5, 0.6) is 5.75 Å². The highest BCUT2D eigenvalue weighted by Gasteiger charge is 2.07. The number of anilines is 3. The monoisotopic (exact) mass is 271 g/mol. The van der Waals surface area contributed by atoms with Gasteiger partial charge in [0.25, 0.3) is 0 Å². The molecule has 0 unspecified atom stereocenters. The minimum atomic E-state index is 0.676. The molecule has 0 radical (unpaired) electrons. The molecule has 0 aliphatic heterocycles. The summed E-state index contributed by atoms with van der Waals surface area (Å²) in [5, 5.41) is 3.29. The van der Waals surface area contributed by atoms with E-state index in [9.17, 15) is 0 Å². The standard InChI is InChI=1S/C14H13N3OS/c1-18-10-4-2-9(3-5-10)17-11-6-7-12-14(13(11)15)16-8-19-12/h2-8,17H,15H2,1H3. The first-order chi connectivity index (χ1) is 9.28. The van der Waals surface area contributed by atoms with Gasteiger partial charge in [0, 0.05) is 5.69 Å². The van der Waals surface area contributed by atoms with Crippen LogP contribution in [-0.4, -0.2) is 12.1 Å². The number of fused-ring (bicyclic) bond motifs is 1. The van der Waals surface area contributed by atoms with Gasteiger partial charge in [-0.05, 0) is 36.4 Å². The summed E-state index contributed by atoms with van der Waals surface area (Å²) in [6.45, 7) is 0. The molecule has 0 saturated carbocycles. The van der Waals surface area contributed by atoms with Gasteiger partial charge in [-0.15, -0.1) is 11.3 Å². The van der Waals surface area contributed by atoms with E-state index >= 15 is 0 Å². The fraction of sp³-hybridized carbons (Fsp3) is 0.0714. The molecule has 4 nitrogen and oxygen atoms in total. The number of ether oxygens (including phenoxy) is 1. The molecule has 0 bridgehead atoms. The summed E-state index contributed by atoms with van der Waals surface area (Å²) in [7, 11) is 1.65. The van der Waals surface area contributed by atoms with Crippen LogP contribution >= 0.6 is 11.3 Å². The van der Waals surface area contributed by atoms with E-state index in [1.165, 1.54) is 0 Å². The van der Waals surface area contributed by atoms with Crippen LogP contribution in [0.4, 0.5) is 17.1 Å². The second-order valence-corrected chi connectivity index (χ2v) is 4.97. The van der Waals surface area contributed by atoms with Crippen molar-refractivity contribution in [1.29, 1.82) is 0 Å². The third kappa shape index (κ3) is 2.20. The molecule has 19 heavy (non-hydrogen) atoms. The summed E-state index contributed by atoms with van der Waals surface area (Å²) in [5.74, 6) is 0.827. The van der Waals surface area contributed by atoms with Gasteiger partial charge in [0.05, 0.1) is 28.7 Å². The molecule has 3 aromatic rings. The van der Waals surface area contributed by atoms with Gasteiger partial charge in [0.1, 0.15) is 11.3 Å². The zero-order valence-electron chi connectivity index (χ0n) is 10.4. The second kappa shape index (κ2) is 4.78. The highest BCUT2D eigenvalue weighted by Crippen LogP contribution is 2.32. The molecule has 0 aliphatic rings. The first kappa shape index (κ1) is 11.8. The lowest BCUT2D eigenvalue weighted by atomic mass is 10.2. The summed E-state index contributed by atoms with van der Waals surface area (Å²) < 4.78 is 6.22. The van der Waals surface area contributed by atoms with Gasteiger partial charge in [0.15, 0.2) is 0 Å². The van der Waals surface area contributed by atoms with Crippen LogP contribution in [0.3, 0.4) is 0 Å². The molecule has 3 N–H and O–H groups in total. The van der Waals surface area contributed by atoms with Gasteiger partial charge in [-0.25, -0.2) is 4.98 Å². The van der Waals surface area contributed by atoms with Crippen molar-refractivity contribution in [1.82, 2.24) is 4.98 Å². The normalized spacial score (nSPS) is 10.6. The van der Waals surface area contributed by atoms with E-state index < -0.39 is 0 Å². The maximum absolute atomic E-state index is 6.12. The number of hydrogen-bond donors (Lipinski definition) is 2. The Morgan fingerprint density at radius 3 is 2.68 bits per heavy atom. The number of nitrogens with zero attached hydrogens (tertiary/aromatic N) is 1. The summed E-state index contributed by atoms with van der Waals surface area (Å²) in [6.07, 6.45) is 0. The number of aromatic nitrogens is 1. The lowest BCUT2D eigenvalue weighted by Gasteiger charge is -2.10. The van der Waals surface area contributed by atoms with Gasteiger partial charge in [-0.3, -0.25) is 0 Å². The lowest BCUT2D eigenvalue weighted by Crippen LogP contribution is -1.97. The van der Waals surface area contributed by atoms with E-state index in [0.29, 0.717) is 5.69 Å². The first-order valence-electron chi connectivity index (χ1n) is 5.80. The predicted molar refractivity (Wildman–Crippen MR) is 80.3 cm³/mol. The number of nitrogens with one attached hydrogen (secondary N) is 1. The Kier molecular flexibility index (Phi) is 2.97. The van der Waals surface area contributed by atoms with E-state index in [-0.39, 0.29) is 0 Å². The van der Waals surface area contributed by atoms with E-state index in [1.54, 1.807) is 24.0 Å². The molecule has 0 fully saturated rings. The van der Waals surface area contributed by atoms with Crippen LogP contribution in [0.15, 0.2) is 41.9 Å². The molecule has 96 valence electrons. The number of hydrogen-bond acceptors (Lipinski definition) is 5. The smallest absolute Gasteiger partial charge is 0.119 e. The fourth-order valence-corrected chi connectivity index (χ4v) is 2.58. The molecule has 1 aromatic heterocycles. The Balaban J connectivity index is 1.93. The maximum Gasteiger partial charge on any atom is 0.119 e. The van der Waals surface area contributed by atoms with Crippen molar-refractivity contribution in [2.24, 2.45) is 0 Å². The number of nitrogen functional groups attached to an aromatic ring is 1. The van der Waals surface area contributed by atoms with Crippen molar-refractivity contribution >= 4 is 38.6 Å². The van der Waals surface area contributed by atoms with Crippen LogP contribution < -0.4 is 15.8 Å². The Bertz CT molecular complexity index is 706. The summed E-state index contributed by atoms with van der Waals surface area (Å²) >= 11 is 1.59. The van der Waals surface area contributed by atoms with Crippen LogP contribution in [-0.2, 0) is 0 Å². The van der Waals surface area contributed by atoms with E-state index in [1.807, 2.05) is 36.4 Å². The average Bonchev–Trinajstić information content (AvgIpc) is 2.92. The summed E-state index contributed by atoms with van der Waals surface area (Å²) in [6, 6.07) is 11.7. The Morgan fingerprint density at radius 1 is 1.16 bits per heavy atom. The first-order valence-corrected chi connectivity index (χ1v) is 6.68. The molecule has 0 amide bonds. The molecule has 1 heterocycles. The SMILES string of the molecule is COc1ccc(Nc2ccc3scnc3c2N)cc1. The van der Waals surface area contributed by atoms with Gasteiger partial charge in [-0.1, -0.05) is 0 Å². The summed E-state index contributed by atoms with van der Waals surface area (Å²) in [5.41, 5.74) is 11.3. The average molecular weight is 271 g/mol. The summed E-state index contributed by atoms with van der Waals surface area (Å²) in [4.78, 5) is 4.28. The third-order valence-electron chi connectivity index (χ3n) is 2.91. The molecule has 2 aromatic carbocycles. The second-order valence-electron chi connectivity index (χ2n) is 4.08. The number of thiazole rings is 1. The molecule has 0 saturated heterocycles. The van der Waals surface area contributed by atoms with Gasteiger partial charge in [0.2, 0.25) is 0 Å². The van der Waals surface area contributed by atoms with E-state index in [0.717, 1.165) is 27.3 Å². The lowest BCUT2D eigenvalue weighted by molar-refractivity contribution is 0.415. The third-order valence-corrected chi connectivity index (χ3v) is 3.70. The van der Waals surface area contributed by atoms with Crippen LogP contribution in [0.25, 0.3) is 10.2 Å². The van der Waals surface area contributed by atoms with Crippen LogP contribution in [0.1, 0.15) is 0 Å². The number of nitrogens with two attached hydrogens (primary N) is 1.